The summed E-state index contributed by atoms with van der Waals surface area (Å²) in [5.41, 5.74) is 1.05. The SMILES string of the molecule is O=C(C1COCCO1)N1CCNCC1c1cccnc1. The van der Waals surface area contributed by atoms with Gasteiger partial charge in [-0.2, -0.15) is 0 Å². The van der Waals surface area contributed by atoms with Gasteiger partial charge in [0.05, 0.1) is 25.9 Å². The number of hydrogen-bond donors (Lipinski definition) is 1. The van der Waals surface area contributed by atoms with E-state index in [1.807, 2.05) is 23.2 Å². The van der Waals surface area contributed by atoms with Crippen molar-refractivity contribution in [2.45, 2.75) is 12.1 Å². The molecule has 0 bridgehead atoms. The van der Waals surface area contributed by atoms with Crippen LogP contribution < -0.4 is 5.32 Å². The van der Waals surface area contributed by atoms with Gasteiger partial charge in [-0.15, -0.1) is 0 Å². The predicted molar refractivity (Wildman–Crippen MR) is 72.1 cm³/mol. The third kappa shape index (κ3) is 2.82. The second kappa shape index (κ2) is 6.30. The molecule has 3 heterocycles. The Kier molecular flexibility index (Phi) is 4.25. The molecule has 2 atom stereocenters. The number of pyridine rings is 1. The molecule has 108 valence electrons. The maximum absolute atomic E-state index is 12.6. The zero-order chi connectivity index (χ0) is 13.8. The smallest absolute Gasteiger partial charge is 0.254 e. The van der Waals surface area contributed by atoms with Crippen molar-refractivity contribution in [1.82, 2.24) is 15.2 Å². The van der Waals surface area contributed by atoms with Crippen LogP contribution in [0.3, 0.4) is 0 Å². The minimum atomic E-state index is -0.471. The Bertz CT molecular complexity index is 448. The van der Waals surface area contributed by atoms with Gasteiger partial charge in [-0.1, -0.05) is 6.07 Å². The Labute approximate surface area is 118 Å². The van der Waals surface area contributed by atoms with Gasteiger partial charge in [0.1, 0.15) is 0 Å². The standard InChI is InChI=1S/C14H19N3O3/c18-14(13-10-19-6-7-20-13)17-5-4-16-9-12(17)11-2-1-3-15-8-11/h1-3,8,12-13,16H,4-7,9-10H2. The van der Waals surface area contributed by atoms with Crippen LogP contribution in [0.2, 0.25) is 0 Å². The van der Waals surface area contributed by atoms with E-state index in [4.69, 9.17) is 9.47 Å². The minimum absolute atomic E-state index is 0.00970. The van der Waals surface area contributed by atoms with E-state index in [-0.39, 0.29) is 11.9 Å². The lowest BCUT2D eigenvalue weighted by Crippen LogP contribution is -2.53. The fraction of sp³-hybridized carbons (Fsp3) is 0.571. The number of carbonyl (C=O) groups is 1. The van der Waals surface area contributed by atoms with Crippen LogP contribution in [0.5, 0.6) is 0 Å². The molecule has 6 heteroatoms. The molecule has 1 amide bonds. The van der Waals surface area contributed by atoms with E-state index in [0.717, 1.165) is 18.7 Å². The highest BCUT2D eigenvalue weighted by atomic mass is 16.6. The number of aromatic nitrogens is 1. The molecule has 20 heavy (non-hydrogen) atoms. The topological polar surface area (TPSA) is 63.7 Å². The molecule has 3 rings (SSSR count). The Hall–Kier alpha value is -1.50. The second-order valence-corrected chi connectivity index (χ2v) is 4.97. The van der Waals surface area contributed by atoms with Gasteiger partial charge in [-0.3, -0.25) is 9.78 Å². The number of ether oxygens (including phenoxy) is 2. The van der Waals surface area contributed by atoms with Gasteiger partial charge in [-0.05, 0) is 11.6 Å². The first-order valence-electron chi connectivity index (χ1n) is 6.97. The third-order valence-corrected chi connectivity index (χ3v) is 3.69. The molecule has 2 aliphatic heterocycles. The number of nitrogens with zero attached hydrogens (tertiary/aromatic N) is 2. The summed E-state index contributed by atoms with van der Waals surface area (Å²) in [4.78, 5) is 18.6. The summed E-state index contributed by atoms with van der Waals surface area (Å²) >= 11 is 0. The van der Waals surface area contributed by atoms with E-state index < -0.39 is 6.10 Å². The zero-order valence-corrected chi connectivity index (χ0v) is 11.3. The normalized spacial score (nSPS) is 27.3. The Balaban J connectivity index is 1.76. The molecule has 1 N–H and O–H groups in total. The van der Waals surface area contributed by atoms with Gasteiger partial charge in [0, 0.05) is 32.0 Å². The lowest BCUT2D eigenvalue weighted by molar-refractivity contribution is -0.161. The summed E-state index contributed by atoms with van der Waals surface area (Å²) in [6, 6.07) is 3.91. The van der Waals surface area contributed by atoms with Crippen molar-refractivity contribution in [2.75, 3.05) is 39.5 Å². The summed E-state index contributed by atoms with van der Waals surface area (Å²) in [5.74, 6) is 0.0139. The number of rotatable bonds is 2. The molecule has 1 aromatic rings. The van der Waals surface area contributed by atoms with Crippen LogP contribution in [0.1, 0.15) is 11.6 Å². The highest BCUT2D eigenvalue weighted by molar-refractivity contribution is 5.81. The second-order valence-electron chi connectivity index (χ2n) is 4.97. The molecule has 0 spiro atoms. The first-order chi connectivity index (χ1) is 9.86. The monoisotopic (exact) mass is 277 g/mol. The summed E-state index contributed by atoms with van der Waals surface area (Å²) in [7, 11) is 0. The summed E-state index contributed by atoms with van der Waals surface area (Å²) in [6.07, 6.45) is 3.08. The van der Waals surface area contributed by atoms with Crippen molar-refractivity contribution in [3.8, 4) is 0 Å². The molecular weight excluding hydrogens is 258 g/mol. The lowest BCUT2D eigenvalue weighted by Gasteiger charge is -2.38. The van der Waals surface area contributed by atoms with E-state index in [9.17, 15) is 4.79 Å². The van der Waals surface area contributed by atoms with Gasteiger partial charge in [0.2, 0.25) is 0 Å². The predicted octanol–water partition coefficient (Wildman–Crippen LogP) is -0.0301. The highest BCUT2D eigenvalue weighted by Gasteiger charge is 2.34. The molecule has 0 radical (unpaired) electrons. The zero-order valence-electron chi connectivity index (χ0n) is 11.3. The summed E-state index contributed by atoms with van der Waals surface area (Å²) in [5, 5.41) is 3.33. The van der Waals surface area contributed by atoms with Crippen molar-refractivity contribution >= 4 is 5.91 Å². The number of piperazine rings is 1. The quantitative estimate of drug-likeness (QED) is 0.822. The summed E-state index contributed by atoms with van der Waals surface area (Å²) < 4.78 is 10.9. The molecule has 2 saturated heterocycles. The van der Waals surface area contributed by atoms with Crippen molar-refractivity contribution in [3.63, 3.8) is 0 Å². The summed E-state index contributed by atoms with van der Waals surface area (Å²) in [6.45, 7) is 3.62. The van der Waals surface area contributed by atoms with E-state index in [1.54, 1.807) is 6.20 Å². The van der Waals surface area contributed by atoms with Gasteiger partial charge in [0.15, 0.2) is 6.10 Å². The van der Waals surface area contributed by atoms with Crippen LogP contribution in [0.25, 0.3) is 0 Å². The van der Waals surface area contributed by atoms with Crippen LogP contribution in [-0.2, 0) is 14.3 Å². The van der Waals surface area contributed by atoms with Crippen molar-refractivity contribution in [1.29, 1.82) is 0 Å². The molecule has 6 nitrogen and oxygen atoms in total. The van der Waals surface area contributed by atoms with Crippen LogP contribution in [0, 0.1) is 0 Å². The molecule has 2 fully saturated rings. The van der Waals surface area contributed by atoms with Crippen LogP contribution >= 0.6 is 0 Å². The maximum atomic E-state index is 12.6. The Morgan fingerprint density at radius 2 is 2.40 bits per heavy atom. The molecule has 0 aromatic carbocycles. The van der Waals surface area contributed by atoms with Crippen LogP contribution in [0.4, 0.5) is 0 Å². The average Bonchev–Trinajstić information content (AvgIpc) is 2.56. The Morgan fingerprint density at radius 1 is 1.45 bits per heavy atom. The largest absolute Gasteiger partial charge is 0.376 e. The fourth-order valence-corrected chi connectivity index (χ4v) is 2.65. The fourth-order valence-electron chi connectivity index (χ4n) is 2.65. The van der Waals surface area contributed by atoms with E-state index >= 15 is 0 Å². The van der Waals surface area contributed by atoms with E-state index in [1.165, 1.54) is 0 Å². The van der Waals surface area contributed by atoms with Crippen LogP contribution in [-0.4, -0.2) is 61.3 Å². The van der Waals surface area contributed by atoms with Gasteiger partial charge in [0.25, 0.3) is 5.91 Å². The van der Waals surface area contributed by atoms with Crippen molar-refractivity contribution in [2.24, 2.45) is 0 Å². The number of hydrogen-bond acceptors (Lipinski definition) is 5. The number of nitrogens with one attached hydrogen (secondary N) is 1. The molecule has 0 saturated carbocycles. The maximum Gasteiger partial charge on any atom is 0.254 e. The van der Waals surface area contributed by atoms with Crippen LogP contribution in [0.15, 0.2) is 24.5 Å². The lowest BCUT2D eigenvalue weighted by atomic mass is 10.0. The molecule has 2 unspecified atom stereocenters. The van der Waals surface area contributed by atoms with Gasteiger partial charge in [-0.25, -0.2) is 0 Å². The molecular formula is C14H19N3O3. The minimum Gasteiger partial charge on any atom is -0.376 e. The van der Waals surface area contributed by atoms with Crippen molar-refractivity contribution in [3.05, 3.63) is 30.1 Å². The van der Waals surface area contributed by atoms with Gasteiger partial charge < -0.3 is 19.7 Å². The Morgan fingerprint density at radius 3 is 3.15 bits per heavy atom. The molecule has 2 aliphatic rings. The highest BCUT2D eigenvalue weighted by Crippen LogP contribution is 2.23. The molecule has 0 aliphatic carbocycles. The molecule has 1 aromatic heterocycles. The number of amides is 1. The van der Waals surface area contributed by atoms with Gasteiger partial charge >= 0.3 is 0 Å². The third-order valence-electron chi connectivity index (χ3n) is 3.69. The van der Waals surface area contributed by atoms with Crippen molar-refractivity contribution < 1.29 is 14.3 Å². The average molecular weight is 277 g/mol. The first-order valence-corrected chi connectivity index (χ1v) is 6.97. The number of carbonyl (C=O) groups excluding carboxylic acids is 1. The van der Waals surface area contributed by atoms with E-state index in [2.05, 4.69) is 10.3 Å². The first kappa shape index (κ1) is 13.5. The van der Waals surface area contributed by atoms with E-state index in [0.29, 0.717) is 26.4 Å².